The third-order valence-electron chi connectivity index (χ3n) is 3.67. The Labute approximate surface area is 102 Å². The number of nitrogens with zero attached hydrogens (tertiary/aromatic N) is 2. The van der Waals surface area contributed by atoms with Gasteiger partial charge in [-0.1, -0.05) is 6.92 Å². The number of urea groups is 1. The summed E-state index contributed by atoms with van der Waals surface area (Å²) in [5, 5.41) is 2.78. The van der Waals surface area contributed by atoms with Crippen molar-refractivity contribution in [1.82, 2.24) is 15.1 Å². The highest BCUT2D eigenvalue weighted by molar-refractivity contribution is 5.87. The average Bonchev–Trinajstić information content (AvgIpc) is 2.32. The van der Waals surface area contributed by atoms with Gasteiger partial charge in [0.05, 0.1) is 0 Å². The van der Waals surface area contributed by atoms with Gasteiger partial charge in [-0.2, -0.15) is 0 Å². The number of piperidine rings is 1. The molecule has 0 saturated carbocycles. The van der Waals surface area contributed by atoms with Crippen molar-refractivity contribution in [3.05, 3.63) is 0 Å². The Morgan fingerprint density at radius 3 is 2.82 bits per heavy atom. The van der Waals surface area contributed by atoms with Gasteiger partial charge in [-0.25, -0.2) is 4.79 Å². The minimum atomic E-state index is -0.339. The summed E-state index contributed by atoms with van der Waals surface area (Å²) in [6, 6.07) is -0.313. The Balaban J connectivity index is 2.00. The number of carbonyl (C=O) groups excluding carboxylic acids is 2. The molecule has 3 amide bonds. The van der Waals surface area contributed by atoms with Crippen LogP contribution < -0.4 is 5.32 Å². The number of amides is 3. The second-order valence-corrected chi connectivity index (χ2v) is 5.14. The molecule has 0 aromatic heterocycles. The molecule has 0 aliphatic carbocycles. The molecule has 5 nitrogen and oxygen atoms in total. The first-order valence-electron chi connectivity index (χ1n) is 6.43. The van der Waals surface area contributed by atoms with E-state index >= 15 is 0 Å². The van der Waals surface area contributed by atoms with Crippen LogP contribution in [0.2, 0.25) is 0 Å². The van der Waals surface area contributed by atoms with Gasteiger partial charge >= 0.3 is 6.03 Å². The summed E-state index contributed by atoms with van der Waals surface area (Å²) < 4.78 is 0. The number of likely N-dealkylation sites (tertiary alicyclic amines) is 1. The van der Waals surface area contributed by atoms with E-state index in [0.717, 1.165) is 19.5 Å². The first-order valence-corrected chi connectivity index (χ1v) is 6.43. The van der Waals surface area contributed by atoms with Gasteiger partial charge in [-0.15, -0.1) is 0 Å². The maximum atomic E-state index is 12.3. The van der Waals surface area contributed by atoms with Crippen LogP contribution in [0.1, 0.15) is 26.7 Å². The highest BCUT2D eigenvalue weighted by Crippen LogP contribution is 2.18. The average molecular weight is 239 g/mol. The van der Waals surface area contributed by atoms with Crippen LogP contribution in [0.15, 0.2) is 0 Å². The van der Waals surface area contributed by atoms with Crippen molar-refractivity contribution in [3.8, 4) is 0 Å². The zero-order chi connectivity index (χ0) is 12.4. The van der Waals surface area contributed by atoms with Crippen LogP contribution in [-0.4, -0.2) is 54.0 Å². The standard InChI is InChI=1S/C12H21N3O2/c1-9-4-3-6-14(8-9)12(17)15-7-5-13-11(16)10(15)2/h9-10H,3-8H2,1-2H3,(H,13,16). The monoisotopic (exact) mass is 239 g/mol. The Morgan fingerprint density at radius 2 is 2.12 bits per heavy atom. The summed E-state index contributed by atoms with van der Waals surface area (Å²) in [5.41, 5.74) is 0. The maximum Gasteiger partial charge on any atom is 0.320 e. The Morgan fingerprint density at radius 1 is 1.35 bits per heavy atom. The number of hydrogen-bond acceptors (Lipinski definition) is 2. The fraction of sp³-hybridized carbons (Fsp3) is 0.833. The SMILES string of the molecule is CC1CCCN(C(=O)N2CCNC(=O)C2C)C1. The topological polar surface area (TPSA) is 52.7 Å². The molecule has 0 bridgehead atoms. The van der Waals surface area contributed by atoms with E-state index in [9.17, 15) is 9.59 Å². The van der Waals surface area contributed by atoms with Crippen LogP contribution in [0, 0.1) is 5.92 Å². The molecule has 0 radical (unpaired) electrons. The molecule has 96 valence electrons. The summed E-state index contributed by atoms with van der Waals surface area (Å²) in [4.78, 5) is 27.4. The van der Waals surface area contributed by atoms with Crippen LogP contribution in [0.4, 0.5) is 4.79 Å². The van der Waals surface area contributed by atoms with E-state index in [1.807, 2.05) is 4.90 Å². The van der Waals surface area contributed by atoms with Crippen molar-refractivity contribution in [2.24, 2.45) is 5.92 Å². The van der Waals surface area contributed by atoms with Crippen molar-refractivity contribution < 1.29 is 9.59 Å². The molecule has 0 aromatic carbocycles. The maximum absolute atomic E-state index is 12.3. The van der Waals surface area contributed by atoms with Gasteiger partial charge in [0, 0.05) is 26.2 Å². The summed E-state index contributed by atoms with van der Waals surface area (Å²) in [6.45, 7) is 6.80. The van der Waals surface area contributed by atoms with Crippen molar-refractivity contribution in [1.29, 1.82) is 0 Å². The molecule has 2 aliphatic heterocycles. The van der Waals surface area contributed by atoms with Gasteiger partial charge in [0.1, 0.15) is 6.04 Å². The fourth-order valence-corrected chi connectivity index (χ4v) is 2.59. The molecule has 2 heterocycles. The van der Waals surface area contributed by atoms with Gasteiger partial charge in [0.2, 0.25) is 5.91 Å². The predicted molar refractivity (Wildman–Crippen MR) is 64.5 cm³/mol. The summed E-state index contributed by atoms with van der Waals surface area (Å²) >= 11 is 0. The minimum Gasteiger partial charge on any atom is -0.353 e. The fourth-order valence-electron chi connectivity index (χ4n) is 2.59. The highest BCUT2D eigenvalue weighted by atomic mass is 16.2. The smallest absolute Gasteiger partial charge is 0.320 e. The first-order chi connectivity index (χ1) is 8.09. The minimum absolute atomic E-state index is 0.0268. The molecule has 0 aromatic rings. The van der Waals surface area contributed by atoms with Crippen LogP contribution in [0.5, 0.6) is 0 Å². The second kappa shape index (κ2) is 4.94. The lowest BCUT2D eigenvalue weighted by Crippen LogP contribution is -2.59. The molecular weight excluding hydrogens is 218 g/mol. The Hall–Kier alpha value is -1.26. The molecule has 17 heavy (non-hydrogen) atoms. The molecule has 1 N–H and O–H groups in total. The van der Waals surface area contributed by atoms with Gasteiger partial charge < -0.3 is 15.1 Å². The Kier molecular flexibility index (Phi) is 3.54. The Bertz CT molecular complexity index is 319. The number of hydrogen-bond donors (Lipinski definition) is 1. The predicted octanol–water partition coefficient (Wildman–Crippen LogP) is 0.659. The lowest BCUT2D eigenvalue weighted by molar-refractivity contribution is -0.127. The van der Waals surface area contributed by atoms with Crippen LogP contribution in [0.25, 0.3) is 0 Å². The van der Waals surface area contributed by atoms with Crippen molar-refractivity contribution >= 4 is 11.9 Å². The van der Waals surface area contributed by atoms with Crippen molar-refractivity contribution in [3.63, 3.8) is 0 Å². The summed E-state index contributed by atoms with van der Waals surface area (Å²) in [6.07, 6.45) is 2.27. The first kappa shape index (κ1) is 12.2. The lowest BCUT2D eigenvalue weighted by Gasteiger charge is -2.39. The number of carbonyl (C=O) groups is 2. The summed E-state index contributed by atoms with van der Waals surface area (Å²) in [5.74, 6) is 0.524. The third kappa shape index (κ3) is 2.53. The van der Waals surface area contributed by atoms with E-state index in [2.05, 4.69) is 12.2 Å². The van der Waals surface area contributed by atoms with Gasteiger partial charge in [-0.05, 0) is 25.7 Å². The van der Waals surface area contributed by atoms with Crippen molar-refractivity contribution in [2.75, 3.05) is 26.2 Å². The van der Waals surface area contributed by atoms with E-state index in [1.54, 1.807) is 11.8 Å². The van der Waals surface area contributed by atoms with Crippen LogP contribution in [0.3, 0.4) is 0 Å². The van der Waals surface area contributed by atoms with Crippen LogP contribution in [-0.2, 0) is 4.79 Å². The molecule has 0 spiro atoms. The van der Waals surface area contributed by atoms with E-state index in [-0.39, 0.29) is 18.0 Å². The molecular formula is C12H21N3O2. The van der Waals surface area contributed by atoms with E-state index in [1.165, 1.54) is 6.42 Å². The quantitative estimate of drug-likeness (QED) is 0.675. The van der Waals surface area contributed by atoms with Gasteiger partial charge in [0.25, 0.3) is 0 Å². The lowest BCUT2D eigenvalue weighted by atomic mass is 10.0. The third-order valence-corrected chi connectivity index (χ3v) is 3.67. The highest BCUT2D eigenvalue weighted by Gasteiger charge is 2.33. The van der Waals surface area contributed by atoms with E-state index in [4.69, 9.17) is 0 Å². The zero-order valence-electron chi connectivity index (χ0n) is 10.6. The van der Waals surface area contributed by atoms with Crippen LogP contribution >= 0.6 is 0 Å². The molecule has 2 rings (SSSR count). The number of piperazine rings is 1. The summed E-state index contributed by atoms with van der Waals surface area (Å²) in [7, 11) is 0. The molecule has 2 aliphatic rings. The molecule has 2 unspecified atom stereocenters. The second-order valence-electron chi connectivity index (χ2n) is 5.14. The normalized spacial score (nSPS) is 30.1. The number of nitrogens with one attached hydrogen (secondary N) is 1. The largest absolute Gasteiger partial charge is 0.353 e. The molecule has 2 atom stereocenters. The van der Waals surface area contributed by atoms with Gasteiger partial charge in [-0.3, -0.25) is 4.79 Å². The zero-order valence-corrected chi connectivity index (χ0v) is 10.6. The van der Waals surface area contributed by atoms with Gasteiger partial charge in [0.15, 0.2) is 0 Å². The van der Waals surface area contributed by atoms with Crippen molar-refractivity contribution in [2.45, 2.75) is 32.7 Å². The van der Waals surface area contributed by atoms with E-state index < -0.39 is 0 Å². The van der Waals surface area contributed by atoms with E-state index in [0.29, 0.717) is 19.0 Å². The number of rotatable bonds is 0. The molecule has 5 heteroatoms. The molecule has 2 saturated heterocycles. The molecule has 2 fully saturated rings.